The lowest BCUT2D eigenvalue weighted by Gasteiger charge is -2.17. The van der Waals surface area contributed by atoms with Crippen molar-refractivity contribution in [3.05, 3.63) is 60.4 Å². The van der Waals surface area contributed by atoms with E-state index < -0.39 is 0 Å². The molecule has 0 spiro atoms. The molecule has 8 nitrogen and oxygen atoms in total. The maximum atomic E-state index is 12.6. The van der Waals surface area contributed by atoms with Crippen LogP contribution in [-0.4, -0.2) is 38.6 Å². The van der Waals surface area contributed by atoms with Crippen molar-refractivity contribution in [2.75, 3.05) is 16.8 Å². The molecule has 1 unspecified atom stereocenters. The first-order valence-corrected chi connectivity index (χ1v) is 8.61. The molecule has 8 heteroatoms. The van der Waals surface area contributed by atoms with Crippen LogP contribution in [0, 0.1) is 12.8 Å². The maximum Gasteiger partial charge on any atom is 0.229 e. The molecule has 1 atom stereocenters. The number of anilines is 2. The van der Waals surface area contributed by atoms with Gasteiger partial charge in [-0.15, -0.1) is 5.10 Å². The predicted molar refractivity (Wildman–Crippen MR) is 99.4 cm³/mol. The van der Waals surface area contributed by atoms with E-state index in [-0.39, 0.29) is 24.2 Å². The minimum absolute atomic E-state index is 0.0342. The summed E-state index contributed by atoms with van der Waals surface area (Å²) >= 11 is 0. The van der Waals surface area contributed by atoms with Crippen LogP contribution in [0.5, 0.6) is 0 Å². The maximum absolute atomic E-state index is 12.6. The van der Waals surface area contributed by atoms with Crippen LogP contribution in [0.3, 0.4) is 0 Å². The first kappa shape index (κ1) is 16.9. The fourth-order valence-corrected chi connectivity index (χ4v) is 3.08. The van der Waals surface area contributed by atoms with E-state index in [0.717, 1.165) is 16.9 Å². The highest BCUT2D eigenvalue weighted by atomic mass is 16.2. The molecule has 27 heavy (non-hydrogen) atoms. The Labute approximate surface area is 155 Å². The SMILES string of the molecule is Cc1ccc(N2CC(C(=O)Nc3ccc(-n4cnnn4)cc3)CC2=O)cc1. The number of carbonyl (C=O) groups excluding carboxylic acids is 2. The van der Waals surface area contributed by atoms with Crippen molar-refractivity contribution in [2.45, 2.75) is 13.3 Å². The van der Waals surface area contributed by atoms with Gasteiger partial charge in [0.05, 0.1) is 11.6 Å². The second-order valence-corrected chi connectivity index (χ2v) is 6.53. The third-order valence-corrected chi connectivity index (χ3v) is 4.59. The highest BCUT2D eigenvalue weighted by Gasteiger charge is 2.35. The van der Waals surface area contributed by atoms with Crippen molar-refractivity contribution >= 4 is 23.2 Å². The van der Waals surface area contributed by atoms with E-state index in [4.69, 9.17) is 0 Å². The molecule has 2 amide bonds. The molecule has 0 radical (unpaired) electrons. The lowest BCUT2D eigenvalue weighted by Crippen LogP contribution is -2.28. The zero-order valence-electron chi connectivity index (χ0n) is 14.7. The predicted octanol–water partition coefficient (Wildman–Crippen LogP) is 1.96. The zero-order valence-corrected chi connectivity index (χ0v) is 14.7. The van der Waals surface area contributed by atoms with Crippen LogP contribution in [0.25, 0.3) is 5.69 Å². The van der Waals surface area contributed by atoms with E-state index in [1.54, 1.807) is 17.0 Å². The number of carbonyl (C=O) groups is 2. The van der Waals surface area contributed by atoms with Gasteiger partial charge in [-0.3, -0.25) is 9.59 Å². The van der Waals surface area contributed by atoms with Crippen LogP contribution in [0.2, 0.25) is 0 Å². The number of hydrogen-bond donors (Lipinski definition) is 1. The molecular weight excluding hydrogens is 344 g/mol. The van der Waals surface area contributed by atoms with E-state index in [9.17, 15) is 9.59 Å². The van der Waals surface area contributed by atoms with E-state index in [2.05, 4.69) is 20.8 Å². The Hall–Kier alpha value is -3.55. The van der Waals surface area contributed by atoms with Gasteiger partial charge in [0.1, 0.15) is 6.33 Å². The smallest absolute Gasteiger partial charge is 0.229 e. The molecule has 0 saturated carbocycles. The summed E-state index contributed by atoms with van der Waals surface area (Å²) in [5.74, 6) is -0.570. The van der Waals surface area contributed by atoms with Crippen molar-refractivity contribution in [2.24, 2.45) is 5.92 Å². The van der Waals surface area contributed by atoms with Crippen molar-refractivity contribution in [1.29, 1.82) is 0 Å². The third kappa shape index (κ3) is 3.55. The average Bonchev–Trinajstić information content (AvgIpc) is 3.33. The molecule has 0 aliphatic carbocycles. The van der Waals surface area contributed by atoms with E-state index in [1.807, 2.05) is 43.3 Å². The molecule has 1 aliphatic rings. The number of aryl methyl sites for hydroxylation is 1. The molecule has 1 aromatic heterocycles. The normalized spacial score (nSPS) is 16.6. The molecule has 136 valence electrons. The van der Waals surface area contributed by atoms with Crippen LogP contribution in [0.15, 0.2) is 54.9 Å². The molecule has 2 aromatic carbocycles. The van der Waals surface area contributed by atoms with Gasteiger partial charge in [0, 0.05) is 24.3 Å². The number of amides is 2. The monoisotopic (exact) mass is 362 g/mol. The lowest BCUT2D eigenvalue weighted by molar-refractivity contribution is -0.122. The van der Waals surface area contributed by atoms with Crippen molar-refractivity contribution in [1.82, 2.24) is 20.2 Å². The van der Waals surface area contributed by atoms with Crippen LogP contribution in [0.4, 0.5) is 11.4 Å². The quantitative estimate of drug-likeness (QED) is 0.766. The van der Waals surface area contributed by atoms with Crippen LogP contribution >= 0.6 is 0 Å². The number of benzene rings is 2. The summed E-state index contributed by atoms with van der Waals surface area (Å²) in [5.41, 5.74) is 3.41. The van der Waals surface area contributed by atoms with Gasteiger partial charge in [-0.25, -0.2) is 4.68 Å². The summed E-state index contributed by atoms with van der Waals surface area (Å²) in [6.07, 6.45) is 1.71. The summed E-state index contributed by atoms with van der Waals surface area (Å²) in [4.78, 5) is 26.6. The first-order chi connectivity index (χ1) is 13.1. The fourth-order valence-electron chi connectivity index (χ4n) is 3.08. The molecule has 3 aromatic rings. The Balaban J connectivity index is 1.41. The molecule has 1 aliphatic heterocycles. The largest absolute Gasteiger partial charge is 0.326 e. The third-order valence-electron chi connectivity index (χ3n) is 4.59. The number of aromatic nitrogens is 4. The summed E-state index contributed by atoms with van der Waals surface area (Å²) in [7, 11) is 0. The van der Waals surface area contributed by atoms with Gasteiger partial charge in [-0.2, -0.15) is 0 Å². The van der Waals surface area contributed by atoms with E-state index in [1.165, 1.54) is 11.0 Å². The number of hydrogen-bond acceptors (Lipinski definition) is 5. The van der Waals surface area contributed by atoms with Gasteiger partial charge in [0.2, 0.25) is 11.8 Å². The molecule has 0 bridgehead atoms. The second kappa shape index (κ2) is 6.99. The highest BCUT2D eigenvalue weighted by molar-refractivity contribution is 6.03. The fraction of sp³-hybridized carbons (Fsp3) is 0.211. The summed E-state index contributed by atoms with van der Waals surface area (Å²) < 4.78 is 1.53. The Kier molecular flexibility index (Phi) is 4.37. The molecule has 1 saturated heterocycles. The summed E-state index contributed by atoms with van der Waals surface area (Å²) in [6, 6.07) is 14.9. The Morgan fingerprint density at radius 2 is 1.78 bits per heavy atom. The van der Waals surface area contributed by atoms with Gasteiger partial charge in [-0.05, 0) is 53.7 Å². The van der Waals surface area contributed by atoms with Crippen LogP contribution in [-0.2, 0) is 9.59 Å². The number of tetrazole rings is 1. The number of nitrogens with zero attached hydrogens (tertiary/aromatic N) is 5. The molecule has 1 N–H and O–H groups in total. The van der Waals surface area contributed by atoms with Crippen LogP contribution < -0.4 is 10.2 Å². The Morgan fingerprint density at radius 3 is 2.44 bits per heavy atom. The zero-order chi connectivity index (χ0) is 18.8. The lowest BCUT2D eigenvalue weighted by atomic mass is 10.1. The minimum Gasteiger partial charge on any atom is -0.326 e. The van der Waals surface area contributed by atoms with Crippen molar-refractivity contribution in [3.63, 3.8) is 0 Å². The van der Waals surface area contributed by atoms with Gasteiger partial charge in [-0.1, -0.05) is 17.7 Å². The van der Waals surface area contributed by atoms with Crippen molar-refractivity contribution in [3.8, 4) is 5.69 Å². The topological polar surface area (TPSA) is 93.0 Å². The standard InChI is InChI=1S/C19H18N6O2/c1-13-2-6-16(7-3-13)24-11-14(10-18(24)26)19(27)21-15-4-8-17(9-5-15)25-12-20-22-23-25/h2-9,12,14H,10-11H2,1H3,(H,21,27). The minimum atomic E-state index is -0.377. The van der Waals surface area contributed by atoms with Gasteiger partial charge in [0.15, 0.2) is 0 Å². The van der Waals surface area contributed by atoms with Gasteiger partial charge < -0.3 is 10.2 Å². The molecule has 2 heterocycles. The van der Waals surface area contributed by atoms with E-state index >= 15 is 0 Å². The van der Waals surface area contributed by atoms with Gasteiger partial charge in [0.25, 0.3) is 0 Å². The second-order valence-electron chi connectivity index (χ2n) is 6.53. The first-order valence-electron chi connectivity index (χ1n) is 8.61. The number of nitrogens with one attached hydrogen (secondary N) is 1. The van der Waals surface area contributed by atoms with E-state index in [0.29, 0.717) is 12.2 Å². The summed E-state index contributed by atoms with van der Waals surface area (Å²) in [5, 5.41) is 13.9. The Bertz CT molecular complexity index is 951. The van der Waals surface area contributed by atoms with Crippen LogP contribution in [0.1, 0.15) is 12.0 Å². The Morgan fingerprint density at radius 1 is 1.07 bits per heavy atom. The molecular formula is C19H18N6O2. The molecule has 1 fully saturated rings. The van der Waals surface area contributed by atoms with Crippen molar-refractivity contribution < 1.29 is 9.59 Å². The van der Waals surface area contributed by atoms with Gasteiger partial charge >= 0.3 is 0 Å². The number of rotatable bonds is 4. The molecule has 4 rings (SSSR count). The summed E-state index contributed by atoms with van der Waals surface area (Å²) in [6.45, 7) is 2.38. The average molecular weight is 362 g/mol. The highest BCUT2D eigenvalue weighted by Crippen LogP contribution is 2.26.